The lowest BCUT2D eigenvalue weighted by Gasteiger charge is -2.02. The highest BCUT2D eigenvalue weighted by molar-refractivity contribution is 5.79. The standard InChI is InChI=1S/C18H34O2/c1-3-5-6-7-8-9-10-14-18(20)16-12-11-15-17(19)13-4-2/h3-16H2,1-2H3. The average Bonchev–Trinajstić information content (AvgIpc) is 2.43. The van der Waals surface area contributed by atoms with Crippen LogP contribution in [0.4, 0.5) is 0 Å². The van der Waals surface area contributed by atoms with Crippen molar-refractivity contribution in [3.63, 3.8) is 0 Å². The molecule has 0 rings (SSSR count). The van der Waals surface area contributed by atoms with Gasteiger partial charge in [-0.1, -0.05) is 52.4 Å². The molecule has 0 heterocycles. The van der Waals surface area contributed by atoms with Gasteiger partial charge in [-0.3, -0.25) is 9.59 Å². The first-order chi connectivity index (χ1) is 9.70. The molecule has 0 aromatic carbocycles. The Morgan fingerprint density at radius 3 is 1.40 bits per heavy atom. The molecule has 0 bridgehead atoms. The van der Waals surface area contributed by atoms with Crippen molar-refractivity contribution in [1.29, 1.82) is 0 Å². The summed E-state index contributed by atoms with van der Waals surface area (Å²) in [5.74, 6) is 0.744. The summed E-state index contributed by atoms with van der Waals surface area (Å²) >= 11 is 0. The summed E-state index contributed by atoms with van der Waals surface area (Å²) in [4.78, 5) is 23.0. The molecule has 118 valence electrons. The van der Waals surface area contributed by atoms with Crippen LogP contribution in [0.2, 0.25) is 0 Å². The molecular weight excluding hydrogens is 248 g/mol. The van der Waals surface area contributed by atoms with Crippen LogP contribution in [0.1, 0.15) is 104 Å². The molecule has 0 aliphatic heterocycles. The Labute approximate surface area is 125 Å². The monoisotopic (exact) mass is 282 g/mol. The van der Waals surface area contributed by atoms with E-state index < -0.39 is 0 Å². The van der Waals surface area contributed by atoms with Crippen LogP contribution in [-0.4, -0.2) is 11.6 Å². The fourth-order valence-corrected chi connectivity index (χ4v) is 2.45. The van der Waals surface area contributed by atoms with Gasteiger partial charge in [0.2, 0.25) is 0 Å². The van der Waals surface area contributed by atoms with Crippen LogP contribution in [0, 0.1) is 0 Å². The Morgan fingerprint density at radius 1 is 0.500 bits per heavy atom. The van der Waals surface area contributed by atoms with E-state index in [0.29, 0.717) is 30.8 Å². The molecule has 0 aliphatic carbocycles. The van der Waals surface area contributed by atoms with Crippen LogP contribution in [-0.2, 0) is 9.59 Å². The van der Waals surface area contributed by atoms with Crippen LogP contribution < -0.4 is 0 Å². The van der Waals surface area contributed by atoms with E-state index in [4.69, 9.17) is 0 Å². The number of unbranched alkanes of at least 4 members (excludes halogenated alkanes) is 7. The predicted octanol–water partition coefficient (Wildman–Crippen LogP) is 5.63. The van der Waals surface area contributed by atoms with E-state index in [0.717, 1.165) is 32.1 Å². The highest BCUT2D eigenvalue weighted by atomic mass is 16.1. The van der Waals surface area contributed by atoms with Crippen LogP contribution in [0.5, 0.6) is 0 Å². The first-order valence-corrected chi connectivity index (χ1v) is 8.74. The van der Waals surface area contributed by atoms with Gasteiger partial charge in [-0.05, 0) is 25.7 Å². The molecule has 0 spiro atoms. The summed E-state index contributed by atoms with van der Waals surface area (Å²) in [5, 5.41) is 0. The summed E-state index contributed by atoms with van der Waals surface area (Å²) in [6.07, 6.45) is 14.3. The van der Waals surface area contributed by atoms with Crippen molar-refractivity contribution in [3.8, 4) is 0 Å². The van der Waals surface area contributed by atoms with Crippen molar-refractivity contribution in [2.75, 3.05) is 0 Å². The van der Waals surface area contributed by atoms with Gasteiger partial charge in [-0.25, -0.2) is 0 Å². The molecule has 0 fully saturated rings. The van der Waals surface area contributed by atoms with Gasteiger partial charge in [0.05, 0.1) is 0 Å². The number of hydrogen-bond donors (Lipinski definition) is 0. The second kappa shape index (κ2) is 14.7. The van der Waals surface area contributed by atoms with Crippen molar-refractivity contribution in [3.05, 3.63) is 0 Å². The SMILES string of the molecule is CCCCCCCCCC(=O)CCCCC(=O)CCC. The number of Topliss-reactive ketones (excluding diaryl/α,β-unsaturated/α-hetero) is 2. The molecule has 2 heteroatoms. The van der Waals surface area contributed by atoms with Crippen molar-refractivity contribution in [2.45, 2.75) is 104 Å². The number of ketones is 2. The summed E-state index contributed by atoms with van der Waals surface area (Å²) in [6.45, 7) is 4.26. The third kappa shape index (κ3) is 13.8. The fourth-order valence-electron chi connectivity index (χ4n) is 2.45. The second-order valence-corrected chi connectivity index (χ2v) is 5.91. The summed E-state index contributed by atoms with van der Waals surface area (Å²) in [6, 6.07) is 0. The lowest BCUT2D eigenvalue weighted by Crippen LogP contribution is -2.00. The molecule has 0 saturated carbocycles. The van der Waals surface area contributed by atoms with Crippen molar-refractivity contribution < 1.29 is 9.59 Å². The highest BCUT2D eigenvalue weighted by Crippen LogP contribution is 2.11. The van der Waals surface area contributed by atoms with Gasteiger partial charge in [-0.2, -0.15) is 0 Å². The number of carbonyl (C=O) groups is 2. The Kier molecular flexibility index (Phi) is 14.3. The quantitative estimate of drug-likeness (QED) is 0.365. The number of rotatable bonds is 15. The van der Waals surface area contributed by atoms with Gasteiger partial charge in [0.1, 0.15) is 11.6 Å². The number of hydrogen-bond acceptors (Lipinski definition) is 2. The molecule has 20 heavy (non-hydrogen) atoms. The smallest absolute Gasteiger partial charge is 0.132 e. The fraction of sp³-hybridized carbons (Fsp3) is 0.889. The third-order valence-corrected chi connectivity index (χ3v) is 3.75. The zero-order valence-electron chi connectivity index (χ0n) is 13.7. The molecule has 0 N–H and O–H groups in total. The molecule has 0 radical (unpaired) electrons. The van der Waals surface area contributed by atoms with Crippen LogP contribution in [0.15, 0.2) is 0 Å². The van der Waals surface area contributed by atoms with Gasteiger partial charge in [0.25, 0.3) is 0 Å². The second-order valence-electron chi connectivity index (χ2n) is 5.91. The van der Waals surface area contributed by atoms with E-state index in [-0.39, 0.29) is 0 Å². The lowest BCUT2D eigenvalue weighted by molar-refractivity contribution is -0.121. The molecule has 0 aromatic heterocycles. The summed E-state index contributed by atoms with van der Waals surface area (Å²) in [5.41, 5.74) is 0. The van der Waals surface area contributed by atoms with Crippen LogP contribution in [0.3, 0.4) is 0 Å². The maximum Gasteiger partial charge on any atom is 0.132 e. The average molecular weight is 282 g/mol. The van der Waals surface area contributed by atoms with Gasteiger partial charge in [0.15, 0.2) is 0 Å². The minimum atomic E-state index is 0.354. The Balaban J connectivity index is 3.26. The molecule has 0 amide bonds. The van der Waals surface area contributed by atoms with Gasteiger partial charge >= 0.3 is 0 Å². The van der Waals surface area contributed by atoms with Crippen molar-refractivity contribution in [2.24, 2.45) is 0 Å². The molecule has 0 aromatic rings. The minimum Gasteiger partial charge on any atom is -0.300 e. The number of carbonyl (C=O) groups excluding carboxylic acids is 2. The predicted molar refractivity (Wildman–Crippen MR) is 86.0 cm³/mol. The first kappa shape index (κ1) is 19.3. The lowest BCUT2D eigenvalue weighted by atomic mass is 10.0. The summed E-state index contributed by atoms with van der Waals surface area (Å²) in [7, 11) is 0. The minimum absolute atomic E-state index is 0.354. The van der Waals surface area contributed by atoms with Crippen LogP contribution >= 0.6 is 0 Å². The zero-order chi connectivity index (χ0) is 15.1. The molecule has 0 aliphatic rings. The van der Waals surface area contributed by atoms with E-state index in [1.807, 2.05) is 6.92 Å². The van der Waals surface area contributed by atoms with Gasteiger partial charge in [0, 0.05) is 25.7 Å². The normalized spacial score (nSPS) is 10.7. The topological polar surface area (TPSA) is 34.1 Å². The summed E-state index contributed by atoms with van der Waals surface area (Å²) < 4.78 is 0. The molecular formula is C18H34O2. The molecule has 0 atom stereocenters. The Bertz CT molecular complexity index is 246. The van der Waals surface area contributed by atoms with Crippen molar-refractivity contribution in [1.82, 2.24) is 0 Å². The van der Waals surface area contributed by atoms with E-state index in [2.05, 4.69) is 6.92 Å². The van der Waals surface area contributed by atoms with E-state index in [1.165, 1.54) is 38.5 Å². The van der Waals surface area contributed by atoms with Crippen molar-refractivity contribution >= 4 is 11.6 Å². The van der Waals surface area contributed by atoms with E-state index in [1.54, 1.807) is 0 Å². The van der Waals surface area contributed by atoms with Gasteiger partial charge in [-0.15, -0.1) is 0 Å². The Hall–Kier alpha value is -0.660. The Morgan fingerprint density at radius 2 is 0.900 bits per heavy atom. The molecule has 2 nitrogen and oxygen atoms in total. The van der Waals surface area contributed by atoms with Crippen LogP contribution in [0.25, 0.3) is 0 Å². The zero-order valence-corrected chi connectivity index (χ0v) is 13.7. The third-order valence-electron chi connectivity index (χ3n) is 3.75. The first-order valence-electron chi connectivity index (χ1n) is 8.74. The maximum atomic E-state index is 11.7. The van der Waals surface area contributed by atoms with E-state index >= 15 is 0 Å². The molecule has 0 unspecified atom stereocenters. The molecule has 0 saturated heterocycles. The largest absolute Gasteiger partial charge is 0.300 e. The van der Waals surface area contributed by atoms with Gasteiger partial charge < -0.3 is 0 Å². The maximum absolute atomic E-state index is 11.7. The highest BCUT2D eigenvalue weighted by Gasteiger charge is 2.04. The van der Waals surface area contributed by atoms with E-state index in [9.17, 15) is 9.59 Å².